The maximum Gasteiger partial charge on any atom is 0.217 e. The molecule has 46 heavy (non-hydrogen) atoms. The van der Waals surface area contributed by atoms with Gasteiger partial charge in [0.25, 0.3) is 0 Å². The summed E-state index contributed by atoms with van der Waals surface area (Å²) in [4.78, 5) is 12.1. The lowest BCUT2D eigenvalue weighted by Gasteiger charge is -2.50. The van der Waals surface area contributed by atoms with Gasteiger partial charge in [-0.2, -0.15) is 0 Å². The van der Waals surface area contributed by atoms with Gasteiger partial charge in [0.05, 0.1) is 25.4 Å². The van der Waals surface area contributed by atoms with Crippen LogP contribution >= 0.6 is 0 Å². The summed E-state index contributed by atoms with van der Waals surface area (Å²) in [6.07, 6.45) is -31.0. The average molecular weight is 676 g/mol. The predicted molar refractivity (Wildman–Crippen MR) is 143 cm³/mol. The number of nitrogens with one attached hydrogen (secondary N) is 1. The summed E-state index contributed by atoms with van der Waals surface area (Å²) in [6.45, 7) is 2.17. The zero-order valence-electron chi connectivity index (χ0n) is 25.1. The molecule has 4 aliphatic heterocycles. The topological polar surface area (TPSA) is 316 Å². The van der Waals surface area contributed by atoms with E-state index in [1.165, 1.54) is 13.8 Å². The van der Waals surface area contributed by atoms with E-state index >= 15 is 0 Å². The number of hydrogen-bond donors (Lipinski definition) is 12. The molecular weight excluding hydrogens is 630 g/mol. The lowest BCUT2D eigenvalue weighted by Crippen LogP contribution is -2.70. The first-order chi connectivity index (χ1) is 21.6. The summed E-state index contributed by atoms with van der Waals surface area (Å²) in [6, 6.07) is -1.52. The number of hydrogen-bond acceptors (Lipinski definition) is 19. The third-order valence-corrected chi connectivity index (χ3v) is 8.53. The van der Waals surface area contributed by atoms with E-state index in [9.17, 15) is 61.0 Å². The number of aliphatic hydroxyl groups excluding tert-OH is 11. The first kappa shape index (κ1) is 37.6. The maximum absolute atomic E-state index is 12.1. The summed E-state index contributed by atoms with van der Waals surface area (Å²) < 4.78 is 39.4. The van der Waals surface area contributed by atoms with Crippen molar-refractivity contribution < 1.29 is 94.1 Å². The fourth-order valence-corrected chi connectivity index (χ4v) is 5.82. The number of carbonyl (C=O) groups excluding carboxylic acids is 1. The number of carbonyl (C=O) groups is 1. The second-order valence-corrected chi connectivity index (χ2v) is 11.8. The van der Waals surface area contributed by atoms with E-state index in [-0.39, 0.29) is 0 Å². The Morgan fingerprint density at radius 2 is 1.02 bits per heavy atom. The summed E-state index contributed by atoms with van der Waals surface area (Å²) >= 11 is 0. The van der Waals surface area contributed by atoms with Crippen molar-refractivity contribution in [3.05, 3.63) is 0 Å². The van der Waals surface area contributed by atoms with Crippen LogP contribution in [0.5, 0.6) is 0 Å². The Balaban J connectivity index is 1.63. The van der Waals surface area contributed by atoms with Gasteiger partial charge < -0.3 is 94.6 Å². The molecule has 12 N–H and O–H groups in total. The zero-order chi connectivity index (χ0) is 34.2. The minimum atomic E-state index is -1.98. The van der Waals surface area contributed by atoms with Crippen molar-refractivity contribution in [2.45, 2.75) is 144 Å². The van der Waals surface area contributed by atoms with Crippen LogP contribution in [0.2, 0.25) is 0 Å². The molecule has 0 unspecified atom stereocenters. The van der Waals surface area contributed by atoms with Crippen LogP contribution in [-0.4, -0.2) is 198 Å². The summed E-state index contributed by atoms with van der Waals surface area (Å²) in [5.41, 5.74) is 0. The van der Waals surface area contributed by atoms with E-state index < -0.39 is 142 Å². The molecule has 20 heteroatoms. The van der Waals surface area contributed by atoms with Crippen molar-refractivity contribution in [1.82, 2.24) is 5.32 Å². The second kappa shape index (κ2) is 15.5. The van der Waals surface area contributed by atoms with Crippen LogP contribution in [0, 0.1) is 0 Å². The first-order valence-corrected chi connectivity index (χ1v) is 14.8. The molecule has 0 bridgehead atoms. The quantitative estimate of drug-likeness (QED) is 0.108. The smallest absolute Gasteiger partial charge is 0.217 e. The summed E-state index contributed by atoms with van der Waals surface area (Å²) in [5, 5.41) is 117. The van der Waals surface area contributed by atoms with Crippen molar-refractivity contribution in [2.24, 2.45) is 0 Å². The van der Waals surface area contributed by atoms with Crippen molar-refractivity contribution in [1.29, 1.82) is 0 Å². The fourth-order valence-electron chi connectivity index (χ4n) is 5.82. The number of ether oxygens (including phenoxy) is 7. The normalized spacial score (nSPS) is 51.9. The lowest BCUT2D eigenvalue weighted by atomic mass is 9.94. The predicted octanol–water partition coefficient (Wildman–Crippen LogP) is -7.55. The highest BCUT2D eigenvalue weighted by molar-refractivity contribution is 5.73. The monoisotopic (exact) mass is 675 g/mol. The van der Waals surface area contributed by atoms with Gasteiger partial charge in [-0.25, -0.2) is 0 Å². The molecule has 0 radical (unpaired) electrons. The van der Waals surface area contributed by atoms with Crippen LogP contribution in [0.4, 0.5) is 0 Å². The largest absolute Gasteiger partial charge is 0.394 e. The van der Waals surface area contributed by atoms with Crippen LogP contribution in [0.15, 0.2) is 0 Å². The van der Waals surface area contributed by atoms with E-state index in [0.717, 1.165) is 6.92 Å². The Bertz CT molecular complexity index is 997. The molecule has 0 aromatic rings. The summed E-state index contributed by atoms with van der Waals surface area (Å²) in [5.74, 6) is -0.697. The minimum absolute atomic E-state index is 0.697. The molecule has 4 saturated heterocycles. The Hall–Kier alpha value is -1.25. The van der Waals surface area contributed by atoms with E-state index in [0.29, 0.717) is 0 Å². The van der Waals surface area contributed by atoms with Gasteiger partial charge in [-0.3, -0.25) is 4.79 Å². The van der Waals surface area contributed by atoms with E-state index in [1.807, 2.05) is 0 Å². The molecule has 0 aromatic carbocycles. The Morgan fingerprint density at radius 3 is 1.50 bits per heavy atom. The standard InChI is InChI=1S/C26H45NO19/c1-6-12(31)15(34)17(36)24(40-6)44-20-10(5-29)42-23(39)11(27-8(3)30)21(20)45-26-19(38)22(14(33)9(4-28)43-26)46-25-18(37)16(35)13(32)7(2)41-25/h6-7,9-26,28-29,31-39H,4-5H2,1-3H3,(H,27,30)/t6-,7-,9+,10+,11+,12+,13-,14-,15+,16+,17-,18+,19+,20+,21+,22-,23+,24-,25-,26-/m0/s1. The Labute approximate surface area is 262 Å². The average Bonchev–Trinajstić information content (AvgIpc) is 3.01. The molecule has 268 valence electrons. The van der Waals surface area contributed by atoms with Crippen LogP contribution in [0.25, 0.3) is 0 Å². The third-order valence-electron chi connectivity index (χ3n) is 8.53. The Morgan fingerprint density at radius 1 is 0.565 bits per heavy atom. The molecular formula is C26H45NO19. The molecule has 4 rings (SSSR count). The van der Waals surface area contributed by atoms with Crippen molar-refractivity contribution >= 4 is 5.91 Å². The summed E-state index contributed by atoms with van der Waals surface area (Å²) in [7, 11) is 0. The van der Waals surface area contributed by atoms with E-state index in [4.69, 9.17) is 33.2 Å². The number of rotatable bonds is 9. The second-order valence-electron chi connectivity index (χ2n) is 11.8. The molecule has 0 spiro atoms. The van der Waals surface area contributed by atoms with Crippen molar-refractivity contribution in [2.75, 3.05) is 13.2 Å². The highest BCUT2D eigenvalue weighted by Gasteiger charge is 2.55. The Kier molecular flexibility index (Phi) is 12.7. The van der Waals surface area contributed by atoms with Gasteiger partial charge >= 0.3 is 0 Å². The van der Waals surface area contributed by atoms with Gasteiger partial charge in [0.1, 0.15) is 85.4 Å². The lowest BCUT2D eigenvalue weighted by molar-refractivity contribution is -0.383. The SMILES string of the molecule is CC(=O)N[C@@H]1[C@@H](O[C@@H]2O[C@H](CO)[C@H](O)[C@H](O[C@@H]3O[C@@H](C)[C@H](O)[C@@H](O)[C@H]3O)[C@H]2O)[C@H](O[C@@H]2O[C@@H](C)[C@@H](O)[C@@H](O)[C@@H]2O)[C@@H](CO)O[C@H]1O. The highest BCUT2D eigenvalue weighted by atomic mass is 16.8. The minimum Gasteiger partial charge on any atom is -0.394 e. The van der Waals surface area contributed by atoms with Gasteiger partial charge in [-0.15, -0.1) is 0 Å². The van der Waals surface area contributed by atoms with Crippen LogP contribution in [-0.2, 0) is 38.0 Å². The van der Waals surface area contributed by atoms with Gasteiger partial charge in [0, 0.05) is 6.92 Å². The van der Waals surface area contributed by atoms with E-state index in [1.54, 1.807) is 0 Å². The molecule has 20 atom stereocenters. The van der Waals surface area contributed by atoms with Crippen molar-refractivity contribution in [3.8, 4) is 0 Å². The third kappa shape index (κ3) is 7.64. The van der Waals surface area contributed by atoms with Gasteiger partial charge in [-0.1, -0.05) is 0 Å². The van der Waals surface area contributed by atoms with Gasteiger partial charge in [0.2, 0.25) is 5.91 Å². The zero-order valence-corrected chi connectivity index (χ0v) is 25.1. The van der Waals surface area contributed by atoms with Crippen molar-refractivity contribution in [3.63, 3.8) is 0 Å². The van der Waals surface area contributed by atoms with Gasteiger partial charge in [-0.05, 0) is 13.8 Å². The van der Waals surface area contributed by atoms with Crippen LogP contribution in [0.1, 0.15) is 20.8 Å². The molecule has 4 aliphatic rings. The molecule has 0 aliphatic carbocycles. The molecule has 0 saturated carbocycles. The highest BCUT2D eigenvalue weighted by Crippen LogP contribution is 2.34. The van der Waals surface area contributed by atoms with Crippen LogP contribution < -0.4 is 5.32 Å². The maximum atomic E-state index is 12.1. The van der Waals surface area contributed by atoms with Gasteiger partial charge in [0.15, 0.2) is 25.2 Å². The number of aliphatic hydroxyl groups is 11. The molecule has 4 heterocycles. The van der Waals surface area contributed by atoms with E-state index in [2.05, 4.69) is 5.32 Å². The fraction of sp³-hybridized carbons (Fsp3) is 0.962. The molecule has 0 aromatic heterocycles. The number of amides is 1. The molecule has 1 amide bonds. The van der Waals surface area contributed by atoms with Crippen LogP contribution in [0.3, 0.4) is 0 Å². The first-order valence-electron chi connectivity index (χ1n) is 14.8. The molecule has 4 fully saturated rings. The molecule has 20 nitrogen and oxygen atoms in total.